The Balaban J connectivity index is 2.07. The van der Waals surface area contributed by atoms with E-state index in [4.69, 9.17) is 19.3 Å². The predicted octanol–water partition coefficient (Wildman–Crippen LogP) is 0.659. The number of aliphatic hydroxyl groups is 1. The Morgan fingerprint density at radius 2 is 2.08 bits per heavy atom. The van der Waals surface area contributed by atoms with Crippen LogP contribution in [0.2, 0.25) is 0 Å². The van der Waals surface area contributed by atoms with E-state index in [-0.39, 0.29) is 29.0 Å². The molecule has 0 aromatic heterocycles. The van der Waals surface area contributed by atoms with E-state index in [1.807, 2.05) is 13.8 Å². The molecule has 2 saturated heterocycles. The van der Waals surface area contributed by atoms with Gasteiger partial charge in [0.2, 0.25) is 0 Å². The van der Waals surface area contributed by atoms with Crippen molar-refractivity contribution in [3.63, 3.8) is 0 Å². The minimum atomic E-state index is -0.556. The topological polar surface area (TPSA) is 47.9 Å². The highest BCUT2D eigenvalue weighted by Crippen LogP contribution is 2.40. The van der Waals surface area contributed by atoms with Crippen LogP contribution in [0, 0.1) is 0 Å². The molecule has 4 atom stereocenters. The molecule has 2 rings (SSSR count). The summed E-state index contributed by atoms with van der Waals surface area (Å²) in [4.78, 5) is 0. The zero-order valence-electron chi connectivity index (χ0n) is 7.57. The van der Waals surface area contributed by atoms with E-state index >= 15 is 0 Å². The van der Waals surface area contributed by atoms with Crippen LogP contribution in [0.25, 0.3) is 0 Å². The van der Waals surface area contributed by atoms with Gasteiger partial charge in [0.15, 0.2) is 12.1 Å². The number of halogens is 1. The third kappa shape index (κ3) is 1.72. The fourth-order valence-corrected chi connectivity index (χ4v) is 2.56. The van der Waals surface area contributed by atoms with Crippen molar-refractivity contribution >= 4 is 22.6 Å². The normalized spacial score (nSPS) is 48.0. The third-order valence-corrected chi connectivity index (χ3v) is 3.76. The fourth-order valence-electron chi connectivity index (χ4n) is 1.68. The minimum absolute atomic E-state index is 0.0216. The highest BCUT2D eigenvalue weighted by Gasteiger charge is 2.53. The van der Waals surface area contributed by atoms with Gasteiger partial charge in [-0.2, -0.15) is 0 Å². The quantitative estimate of drug-likeness (QED) is 0.571. The molecule has 2 heterocycles. The molecule has 0 aromatic carbocycles. The van der Waals surface area contributed by atoms with Crippen molar-refractivity contribution in [3.05, 3.63) is 0 Å². The first-order chi connectivity index (χ1) is 6.03. The molecule has 4 nitrogen and oxygen atoms in total. The van der Waals surface area contributed by atoms with Crippen LogP contribution in [-0.2, 0) is 14.2 Å². The summed E-state index contributed by atoms with van der Waals surface area (Å²) in [6.45, 7) is 3.76. The lowest BCUT2D eigenvalue weighted by molar-refractivity contribution is -0.206. The molecule has 2 aliphatic heterocycles. The monoisotopic (exact) mass is 300 g/mol. The van der Waals surface area contributed by atoms with Gasteiger partial charge in [0.25, 0.3) is 0 Å². The number of hydrogen-bond donors (Lipinski definition) is 1. The van der Waals surface area contributed by atoms with Crippen molar-refractivity contribution in [3.8, 4) is 0 Å². The molecule has 0 saturated carbocycles. The van der Waals surface area contributed by atoms with Crippen LogP contribution in [0.3, 0.4) is 0 Å². The summed E-state index contributed by atoms with van der Waals surface area (Å²) in [5, 5.41) is 8.98. The van der Waals surface area contributed by atoms with Gasteiger partial charge in [-0.15, -0.1) is 0 Å². The molecule has 0 unspecified atom stereocenters. The second-order valence-electron chi connectivity index (χ2n) is 3.77. The Morgan fingerprint density at radius 3 is 2.62 bits per heavy atom. The van der Waals surface area contributed by atoms with Gasteiger partial charge in [-0.3, -0.25) is 0 Å². The van der Waals surface area contributed by atoms with Gasteiger partial charge in [-0.05, 0) is 13.8 Å². The molecule has 2 fully saturated rings. The van der Waals surface area contributed by atoms with Gasteiger partial charge in [-0.1, -0.05) is 22.6 Å². The summed E-state index contributed by atoms with van der Waals surface area (Å²) >= 11 is 2.24. The van der Waals surface area contributed by atoms with Gasteiger partial charge in [-0.25, -0.2) is 0 Å². The van der Waals surface area contributed by atoms with Crippen LogP contribution >= 0.6 is 22.6 Å². The highest BCUT2D eigenvalue weighted by atomic mass is 127. The Morgan fingerprint density at radius 1 is 1.38 bits per heavy atom. The maximum atomic E-state index is 8.98. The molecule has 5 heteroatoms. The maximum absolute atomic E-state index is 8.98. The number of aliphatic hydroxyl groups excluding tert-OH is 1. The van der Waals surface area contributed by atoms with Gasteiger partial charge < -0.3 is 19.3 Å². The minimum Gasteiger partial charge on any atom is -0.394 e. The van der Waals surface area contributed by atoms with Gasteiger partial charge in [0, 0.05) is 0 Å². The number of rotatable bonds is 1. The molecule has 1 N–H and O–H groups in total. The van der Waals surface area contributed by atoms with Crippen molar-refractivity contribution < 1.29 is 19.3 Å². The van der Waals surface area contributed by atoms with Gasteiger partial charge in [0.05, 0.1) is 16.6 Å². The Bertz CT molecular complexity index is 208. The summed E-state index contributed by atoms with van der Waals surface area (Å²) in [5.41, 5.74) is 0. The Kier molecular flexibility index (Phi) is 2.57. The highest BCUT2D eigenvalue weighted by molar-refractivity contribution is 14.1. The molecule has 2 aliphatic rings. The van der Waals surface area contributed by atoms with E-state index in [1.165, 1.54) is 0 Å². The smallest absolute Gasteiger partial charge is 0.188 e. The van der Waals surface area contributed by atoms with Crippen molar-refractivity contribution in [1.29, 1.82) is 0 Å². The lowest BCUT2D eigenvalue weighted by atomic mass is 10.2. The zero-order valence-corrected chi connectivity index (χ0v) is 9.72. The second-order valence-corrected chi connectivity index (χ2v) is 5.21. The lowest BCUT2D eigenvalue weighted by Crippen LogP contribution is -2.32. The molecule has 0 aromatic rings. The second kappa shape index (κ2) is 3.30. The van der Waals surface area contributed by atoms with Crippen LogP contribution in [0.15, 0.2) is 0 Å². The fraction of sp³-hybridized carbons (Fsp3) is 1.00. The summed E-state index contributed by atoms with van der Waals surface area (Å²) in [7, 11) is 0. The van der Waals surface area contributed by atoms with Crippen molar-refractivity contribution in [2.75, 3.05) is 6.61 Å². The molecular formula is C8H13IO4. The summed E-state index contributed by atoms with van der Waals surface area (Å²) in [5.74, 6) is -0.556. The van der Waals surface area contributed by atoms with Crippen molar-refractivity contribution in [2.45, 2.75) is 42.1 Å². The molecule has 0 radical (unpaired) electrons. The average Bonchev–Trinajstić information content (AvgIpc) is 2.47. The van der Waals surface area contributed by atoms with E-state index < -0.39 is 5.79 Å². The average molecular weight is 300 g/mol. The van der Waals surface area contributed by atoms with Crippen LogP contribution in [0.1, 0.15) is 13.8 Å². The van der Waals surface area contributed by atoms with Crippen LogP contribution in [-0.4, -0.2) is 39.9 Å². The molecule has 76 valence electrons. The molecular weight excluding hydrogens is 287 g/mol. The number of ether oxygens (including phenoxy) is 3. The van der Waals surface area contributed by atoms with Crippen LogP contribution in [0.4, 0.5) is 0 Å². The number of alkyl halides is 1. The van der Waals surface area contributed by atoms with Crippen LogP contribution < -0.4 is 0 Å². The van der Waals surface area contributed by atoms with E-state index in [2.05, 4.69) is 22.6 Å². The van der Waals surface area contributed by atoms with E-state index in [0.717, 1.165) is 0 Å². The summed E-state index contributed by atoms with van der Waals surface area (Å²) in [6.07, 6.45) is -0.520. The molecule has 13 heavy (non-hydrogen) atoms. The SMILES string of the molecule is CC1(C)O[C@H]2O[C@H](CO)[C@@H](I)[C@H]2O1. The third-order valence-electron chi connectivity index (χ3n) is 2.25. The molecule has 0 aliphatic carbocycles. The molecule has 0 bridgehead atoms. The van der Waals surface area contributed by atoms with Gasteiger partial charge >= 0.3 is 0 Å². The zero-order chi connectivity index (χ0) is 9.64. The molecule has 0 amide bonds. The number of fused-ring (bicyclic) bond motifs is 1. The van der Waals surface area contributed by atoms with Crippen molar-refractivity contribution in [2.24, 2.45) is 0 Å². The van der Waals surface area contributed by atoms with E-state index in [1.54, 1.807) is 0 Å². The molecule has 0 spiro atoms. The maximum Gasteiger partial charge on any atom is 0.188 e. The Hall–Kier alpha value is 0.570. The lowest BCUT2D eigenvalue weighted by Gasteiger charge is -2.21. The van der Waals surface area contributed by atoms with Gasteiger partial charge in [0.1, 0.15) is 6.10 Å². The first-order valence-corrected chi connectivity index (χ1v) is 5.54. The summed E-state index contributed by atoms with van der Waals surface area (Å²) in [6, 6.07) is 0. The predicted molar refractivity (Wildman–Crippen MR) is 53.6 cm³/mol. The standard InChI is InChI=1S/C8H13IO4/c1-8(2)12-6-5(9)4(3-10)11-7(6)13-8/h4-7,10H,3H2,1-2H3/t4-,5-,6-,7-/m1/s1. The van der Waals surface area contributed by atoms with E-state index in [0.29, 0.717) is 0 Å². The first-order valence-electron chi connectivity index (χ1n) is 4.29. The first kappa shape index (κ1) is 10.1. The Labute approximate surface area is 90.7 Å². The van der Waals surface area contributed by atoms with E-state index in [9.17, 15) is 0 Å². The summed E-state index contributed by atoms with van der Waals surface area (Å²) < 4.78 is 16.8. The largest absolute Gasteiger partial charge is 0.394 e. The van der Waals surface area contributed by atoms with Crippen LogP contribution in [0.5, 0.6) is 0 Å². The van der Waals surface area contributed by atoms with Crippen molar-refractivity contribution in [1.82, 2.24) is 0 Å². The number of hydrogen-bond acceptors (Lipinski definition) is 4.